The summed E-state index contributed by atoms with van der Waals surface area (Å²) in [5.41, 5.74) is 0.665. The molecule has 0 radical (unpaired) electrons. The molecule has 0 saturated heterocycles. The molecule has 0 amide bonds. The maximum atomic E-state index is 11.8. The van der Waals surface area contributed by atoms with Crippen molar-refractivity contribution in [3.8, 4) is 0 Å². The Hall–Kier alpha value is -1.98. The highest BCUT2D eigenvalue weighted by Crippen LogP contribution is 2.15. The van der Waals surface area contributed by atoms with E-state index < -0.39 is 17.9 Å². The first-order chi connectivity index (χ1) is 8.60. The standard InChI is InChI=1S/C12H16N2O4/c1-4-17-11(15)9(12(16)18-5-2)10-13-7-6-8(3)14-10/h6-7,9H,4-5H2,1-3H3. The van der Waals surface area contributed by atoms with Crippen LogP contribution in [0.2, 0.25) is 0 Å². The summed E-state index contributed by atoms with van der Waals surface area (Å²) in [6.07, 6.45) is 1.49. The van der Waals surface area contributed by atoms with E-state index >= 15 is 0 Å². The smallest absolute Gasteiger partial charge is 0.328 e. The number of aryl methyl sites for hydroxylation is 1. The molecule has 0 saturated carbocycles. The van der Waals surface area contributed by atoms with E-state index in [2.05, 4.69) is 9.97 Å². The first kappa shape index (κ1) is 14.1. The number of ether oxygens (including phenoxy) is 2. The van der Waals surface area contributed by atoms with Crippen LogP contribution in [0.3, 0.4) is 0 Å². The van der Waals surface area contributed by atoms with Crippen LogP contribution in [0, 0.1) is 6.92 Å². The van der Waals surface area contributed by atoms with Crippen LogP contribution in [0.4, 0.5) is 0 Å². The van der Waals surface area contributed by atoms with Gasteiger partial charge < -0.3 is 9.47 Å². The van der Waals surface area contributed by atoms with Crippen LogP contribution in [0.25, 0.3) is 0 Å². The normalized spacial score (nSPS) is 10.2. The Labute approximate surface area is 105 Å². The molecule has 6 heteroatoms. The van der Waals surface area contributed by atoms with Crippen LogP contribution in [0.5, 0.6) is 0 Å². The van der Waals surface area contributed by atoms with Crippen molar-refractivity contribution in [2.75, 3.05) is 13.2 Å². The van der Waals surface area contributed by atoms with Crippen LogP contribution < -0.4 is 0 Å². The molecule has 0 unspecified atom stereocenters. The molecule has 1 aromatic heterocycles. The van der Waals surface area contributed by atoms with Crippen LogP contribution in [-0.4, -0.2) is 35.1 Å². The first-order valence-electron chi connectivity index (χ1n) is 5.73. The molecule has 0 aliphatic rings. The zero-order valence-electron chi connectivity index (χ0n) is 10.7. The van der Waals surface area contributed by atoms with Gasteiger partial charge >= 0.3 is 11.9 Å². The first-order valence-corrected chi connectivity index (χ1v) is 5.73. The number of aromatic nitrogens is 2. The lowest BCUT2D eigenvalue weighted by atomic mass is 10.1. The molecule has 1 heterocycles. The Balaban J connectivity index is 3.03. The molecule has 0 aliphatic heterocycles. The molecule has 1 rings (SSSR count). The van der Waals surface area contributed by atoms with Crippen molar-refractivity contribution in [1.82, 2.24) is 9.97 Å². The second-order valence-corrected chi connectivity index (χ2v) is 3.49. The summed E-state index contributed by atoms with van der Waals surface area (Å²) in [5, 5.41) is 0. The van der Waals surface area contributed by atoms with E-state index in [0.717, 1.165) is 0 Å². The quantitative estimate of drug-likeness (QED) is 0.574. The van der Waals surface area contributed by atoms with Gasteiger partial charge in [-0.05, 0) is 26.8 Å². The molecule has 6 nitrogen and oxygen atoms in total. The fraction of sp³-hybridized carbons (Fsp3) is 0.500. The van der Waals surface area contributed by atoms with Crippen molar-refractivity contribution in [3.63, 3.8) is 0 Å². The minimum Gasteiger partial charge on any atom is -0.465 e. The number of hydrogen-bond acceptors (Lipinski definition) is 6. The molecule has 0 atom stereocenters. The van der Waals surface area contributed by atoms with Gasteiger partial charge in [-0.3, -0.25) is 9.59 Å². The van der Waals surface area contributed by atoms with Crippen LogP contribution in [0.1, 0.15) is 31.3 Å². The molecule has 0 aromatic carbocycles. The number of nitrogens with zero attached hydrogens (tertiary/aromatic N) is 2. The Morgan fingerprint density at radius 2 is 1.78 bits per heavy atom. The van der Waals surface area contributed by atoms with E-state index in [1.54, 1.807) is 26.8 Å². The number of hydrogen-bond donors (Lipinski definition) is 0. The van der Waals surface area contributed by atoms with Gasteiger partial charge in [0.1, 0.15) is 0 Å². The third-order valence-corrected chi connectivity index (χ3v) is 2.12. The molecule has 0 bridgehead atoms. The summed E-state index contributed by atoms with van der Waals surface area (Å²) in [6, 6.07) is 1.68. The molecule has 0 spiro atoms. The summed E-state index contributed by atoms with van der Waals surface area (Å²) in [7, 11) is 0. The van der Waals surface area contributed by atoms with Crippen LogP contribution in [-0.2, 0) is 19.1 Å². The Morgan fingerprint density at radius 3 is 2.22 bits per heavy atom. The van der Waals surface area contributed by atoms with E-state index in [-0.39, 0.29) is 19.0 Å². The van der Waals surface area contributed by atoms with E-state index in [1.165, 1.54) is 6.20 Å². The van der Waals surface area contributed by atoms with E-state index in [9.17, 15) is 9.59 Å². The van der Waals surface area contributed by atoms with Crippen molar-refractivity contribution in [1.29, 1.82) is 0 Å². The zero-order valence-corrected chi connectivity index (χ0v) is 10.7. The van der Waals surface area contributed by atoms with Gasteiger partial charge in [-0.1, -0.05) is 0 Å². The van der Waals surface area contributed by atoms with Gasteiger partial charge in [0.25, 0.3) is 0 Å². The predicted octanol–water partition coefficient (Wildman–Crippen LogP) is 0.995. The van der Waals surface area contributed by atoms with Crippen molar-refractivity contribution >= 4 is 11.9 Å². The van der Waals surface area contributed by atoms with E-state index in [0.29, 0.717) is 5.69 Å². The summed E-state index contributed by atoms with van der Waals surface area (Å²) in [4.78, 5) is 31.5. The fourth-order valence-electron chi connectivity index (χ4n) is 1.37. The Kier molecular flexibility index (Phi) is 5.23. The minimum atomic E-state index is -1.22. The summed E-state index contributed by atoms with van der Waals surface area (Å²) in [6.45, 7) is 5.44. The van der Waals surface area contributed by atoms with Crippen LogP contribution in [0.15, 0.2) is 12.3 Å². The van der Waals surface area contributed by atoms with E-state index in [4.69, 9.17) is 9.47 Å². The molecule has 0 N–H and O–H groups in total. The highest BCUT2D eigenvalue weighted by Gasteiger charge is 2.34. The van der Waals surface area contributed by atoms with Crippen molar-refractivity contribution < 1.29 is 19.1 Å². The Bertz CT molecular complexity index is 416. The van der Waals surface area contributed by atoms with Crippen LogP contribution >= 0.6 is 0 Å². The average Bonchev–Trinajstić information content (AvgIpc) is 2.30. The van der Waals surface area contributed by atoms with Crippen molar-refractivity contribution in [3.05, 3.63) is 23.8 Å². The average molecular weight is 252 g/mol. The number of rotatable bonds is 5. The molecule has 0 fully saturated rings. The van der Waals surface area contributed by atoms with Gasteiger partial charge in [0.05, 0.1) is 13.2 Å². The monoisotopic (exact) mass is 252 g/mol. The second kappa shape index (κ2) is 6.68. The second-order valence-electron chi connectivity index (χ2n) is 3.49. The summed E-state index contributed by atoms with van der Waals surface area (Å²) >= 11 is 0. The predicted molar refractivity (Wildman–Crippen MR) is 62.8 cm³/mol. The maximum Gasteiger partial charge on any atom is 0.328 e. The summed E-state index contributed by atoms with van der Waals surface area (Å²) < 4.78 is 9.69. The fourth-order valence-corrected chi connectivity index (χ4v) is 1.37. The topological polar surface area (TPSA) is 78.4 Å². The van der Waals surface area contributed by atoms with Gasteiger partial charge in [-0.2, -0.15) is 0 Å². The highest BCUT2D eigenvalue weighted by atomic mass is 16.6. The van der Waals surface area contributed by atoms with Crippen molar-refractivity contribution in [2.45, 2.75) is 26.7 Å². The minimum absolute atomic E-state index is 0.104. The molecule has 98 valence electrons. The largest absolute Gasteiger partial charge is 0.465 e. The number of esters is 2. The zero-order chi connectivity index (χ0) is 13.5. The molecular formula is C12H16N2O4. The summed E-state index contributed by atoms with van der Waals surface area (Å²) in [5.74, 6) is -2.50. The molecule has 0 aliphatic carbocycles. The lowest BCUT2D eigenvalue weighted by molar-refractivity contribution is -0.157. The SMILES string of the molecule is CCOC(=O)C(C(=O)OCC)c1nccc(C)n1. The highest BCUT2D eigenvalue weighted by molar-refractivity contribution is 6.00. The van der Waals surface area contributed by atoms with Gasteiger partial charge in [-0.15, -0.1) is 0 Å². The molecule has 1 aromatic rings. The molecular weight excluding hydrogens is 236 g/mol. The Morgan fingerprint density at radius 1 is 1.22 bits per heavy atom. The third kappa shape index (κ3) is 3.51. The van der Waals surface area contributed by atoms with Gasteiger partial charge in [0.2, 0.25) is 5.92 Å². The molecule has 18 heavy (non-hydrogen) atoms. The third-order valence-electron chi connectivity index (χ3n) is 2.12. The van der Waals surface area contributed by atoms with Gasteiger partial charge in [0.15, 0.2) is 5.82 Å². The van der Waals surface area contributed by atoms with E-state index in [1.807, 2.05) is 0 Å². The van der Waals surface area contributed by atoms with Gasteiger partial charge in [0, 0.05) is 11.9 Å². The van der Waals surface area contributed by atoms with Crippen molar-refractivity contribution in [2.24, 2.45) is 0 Å². The maximum absolute atomic E-state index is 11.8. The van der Waals surface area contributed by atoms with Gasteiger partial charge in [-0.25, -0.2) is 9.97 Å². The lowest BCUT2D eigenvalue weighted by Crippen LogP contribution is -2.28. The number of carbonyl (C=O) groups is 2. The lowest BCUT2D eigenvalue weighted by Gasteiger charge is -2.13. The number of carbonyl (C=O) groups excluding carboxylic acids is 2.